The van der Waals surface area contributed by atoms with E-state index in [0.29, 0.717) is 6.54 Å². The molecule has 0 atom stereocenters. The van der Waals surface area contributed by atoms with Crippen molar-refractivity contribution in [2.75, 3.05) is 0 Å². The molecule has 25 heavy (non-hydrogen) atoms. The highest BCUT2D eigenvalue weighted by Crippen LogP contribution is 2.14. The molecule has 0 amide bonds. The van der Waals surface area contributed by atoms with Crippen molar-refractivity contribution in [1.29, 1.82) is 0 Å². The van der Waals surface area contributed by atoms with Crippen LogP contribution in [-0.2, 0) is 31.9 Å². The molecule has 0 saturated heterocycles. The summed E-state index contributed by atoms with van der Waals surface area (Å²) in [5.74, 6) is -0.815. The summed E-state index contributed by atoms with van der Waals surface area (Å²) in [6, 6.07) is 7.71. The van der Waals surface area contributed by atoms with E-state index in [4.69, 9.17) is 5.11 Å². The molecule has 0 radical (unpaired) electrons. The number of aromatic nitrogens is 4. The Morgan fingerprint density at radius 3 is 2.60 bits per heavy atom. The molecule has 0 unspecified atom stereocenters. The first-order valence-corrected chi connectivity index (χ1v) is 7.72. The Balaban J connectivity index is 2.32. The van der Waals surface area contributed by atoms with Gasteiger partial charge in [0.05, 0.1) is 0 Å². The number of carboxylic acid groups (broad SMARTS) is 1. The molecule has 128 valence electrons. The topological polar surface area (TPSA) is 99.1 Å². The average molecular weight is 340 g/mol. The van der Waals surface area contributed by atoms with Gasteiger partial charge in [-0.25, -0.2) is 9.78 Å². The second-order valence-corrected chi connectivity index (χ2v) is 6.05. The van der Waals surface area contributed by atoms with Crippen LogP contribution in [0.4, 0.5) is 0 Å². The zero-order chi connectivity index (χ0) is 18.3. The Morgan fingerprint density at radius 1 is 1.24 bits per heavy atom. The van der Waals surface area contributed by atoms with E-state index in [1.165, 1.54) is 18.7 Å². The maximum absolute atomic E-state index is 12.6. The number of carbonyl (C=O) groups is 1. The fourth-order valence-electron chi connectivity index (χ4n) is 2.93. The molecule has 0 bridgehead atoms. The van der Waals surface area contributed by atoms with Crippen molar-refractivity contribution < 1.29 is 9.90 Å². The standard InChI is InChI=1S/C16H17BN4O4/c1-19-14-13(15(24)20(2)16(19)25)21(11(18-14)7-12(22)23)8-9-4-3-5-10(17)6-9/h3-6H,7-8,17H2,1-2H3,(H,22,23). The Bertz CT molecular complexity index is 1110. The highest BCUT2D eigenvalue weighted by atomic mass is 16.4. The van der Waals surface area contributed by atoms with Gasteiger partial charge in [0.2, 0.25) is 0 Å². The third-order valence-corrected chi connectivity index (χ3v) is 4.16. The number of hydrogen-bond donors (Lipinski definition) is 1. The second kappa shape index (κ2) is 6.08. The summed E-state index contributed by atoms with van der Waals surface area (Å²) in [5.41, 5.74) is 1.40. The minimum absolute atomic E-state index is 0.192. The molecule has 1 aromatic carbocycles. The number of benzene rings is 1. The van der Waals surface area contributed by atoms with E-state index in [2.05, 4.69) is 4.98 Å². The molecule has 0 aliphatic heterocycles. The number of hydrogen-bond acceptors (Lipinski definition) is 4. The molecule has 8 nitrogen and oxygen atoms in total. The fourth-order valence-corrected chi connectivity index (χ4v) is 2.93. The van der Waals surface area contributed by atoms with Gasteiger partial charge in [-0.1, -0.05) is 29.7 Å². The maximum atomic E-state index is 12.6. The molecule has 1 N–H and O–H groups in total. The summed E-state index contributed by atoms with van der Waals surface area (Å²) >= 11 is 0. The van der Waals surface area contributed by atoms with Crippen LogP contribution in [-0.4, -0.2) is 37.6 Å². The van der Waals surface area contributed by atoms with Crippen LogP contribution in [0.25, 0.3) is 11.2 Å². The quantitative estimate of drug-likeness (QED) is 0.575. The van der Waals surface area contributed by atoms with E-state index in [0.717, 1.165) is 15.6 Å². The van der Waals surface area contributed by atoms with Crippen LogP contribution in [0, 0.1) is 0 Å². The SMILES string of the molecule is Bc1cccc(Cn2c(CC(=O)O)nc3c2c(=O)n(C)c(=O)n3C)c1. The third-order valence-electron chi connectivity index (χ3n) is 4.16. The number of aryl methyl sites for hydroxylation is 1. The van der Waals surface area contributed by atoms with Gasteiger partial charge >= 0.3 is 11.7 Å². The summed E-state index contributed by atoms with van der Waals surface area (Å²) in [5, 5.41) is 9.17. The summed E-state index contributed by atoms with van der Waals surface area (Å²) in [4.78, 5) is 40.2. The van der Waals surface area contributed by atoms with Gasteiger partial charge in [-0.3, -0.25) is 18.7 Å². The summed E-state index contributed by atoms with van der Waals surface area (Å²) in [6.07, 6.45) is -0.335. The molecule has 0 spiro atoms. The van der Waals surface area contributed by atoms with E-state index in [1.54, 1.807) is 4.57 Å². The number of rotatable bonds is 4. The number of nitrogens with zero attached hydrogens (tertiary/aromatic N) is 4. The highest BCUT2D eigenvalue weighted by molar-refractivity contribution is 6.32. The zero-order valence-corrected chi connectivity index (χ0v) is 14.2. The van der Waals surface area contributed by atoms with Gasteiger partial charge in [-0.05, 0) is 5.56 Å². The van der Waals surface area contributed by atoms with E-state index in [-0.39, 0.29) is 23.4 Å². The van der Waals surface area contributed by atoms with Crippen molar-refractivity contribution in [1.82, 2.24) is 18.7 Å². The lowest BCUT2D eigenvalue weighted by molar-refractivity contribution is -0.136. The lowest BCUT2D eigenvalue weighted by Gasteiger charge is -2.09. The summed E-state index contributed by atoms with van der Waals surface area (Å²) in [7, 11) is 4.86. The first-order chi connectivity index (χ1) is 11.8. The first kappa shape index (κ1) is 16.8. The summed E-state index contributed by atoms with van der Waals surface area (Å²) in [6.45, 7) is 0.300. The average Bonchev–Trinajstić information content (AvgIpc) is 2.89. The number of carboxylic acids is 1. The van der Waals surface area contributed by atoms with Crippen molar-refractivity contribution in [3.8, 4) is 0 Å². The van der Waals surface area contributed by atoms with Crippen molar-refractivity contribution in [3.63, 3.8) is 0 Å². The number of fused-ring (bicyclic) bond motifs is 1. The van der Waals surface area contributed by atoms with Gasteiger partial charge in [-0.2, -0.15) is 0 Å². The van der Waals surface area contributed by atoms with Crippen LogP contribution < -0.4 is 16.7 Å². The Kier molecular flexibility index (Phi) is 4.07. The number of aliphatic carboxylic acids is 1. The van der Waals surface area contributed by atoms with E-state index in [1.807, 2.05) is 32.1 Å². The normalized spacial score (nSPS) is 11.1. The van der Waals surface area contributed by atoms with Crippen molar-refractivity contribution >= 4 is 30.4 Å². The van der Waals surface area contributed by atoms with Gasteiger partial charge in [0, 0.05) is 20.6 Å². The summed E-state index contributed by atoms with van der Waals surface area (Å²) < 4.78 is 3.84. The van der Waals surface area contributed by atoms with Gasteiger partial charge in [-0.15, -0.1) is 0 Å². The van der Waals surface area contributed by atoms with Crippen molar-refractivity contribution in [2.24, 2.45) is 14.1 Å². The van der Waals surface area contributed by atoms with Gasteiger partial charge < -0.3 is 9.67 Å². The zero-order valence-electron chi connectivity index (χ0n) is 14.2. The predicted octanol–water partition coefficient (Wildman–Crippen LogP) is -1.63. The number of imidazole rings is 1. The highest BCUT2D eigenvalue weighted by Gasteiger charge is 2.20. The molecule has 3 aromatic rings. The van der Waals surface area contributed by atoms with Gasteiger partial charge in [0.1, 0.15) is 20.1 Å². The van der Waals surface area contributed by atoms with Crippen LogP contribution in [0.2, 0.25) is 0 Å². The predicted molar refractivity (Wildman–Crippen MR) is 95.3 cm³/mol. The molecule has 0 aliphatic rings. The van der Waals surface area contributed by atoms with Crippen LogP contribution in [0.1, 0.15) is 11.4 Å². The Morgan fingerprint density at radius 2 is 1.96 bits per heavy atom. The molecular formula is C16H17BN4O4. The first-order valence-electron chi connectivity index (χ1n) is 7.72. The molecule has 3 rings (SSSR count). The molecule has 2 aromatic heterocycles. The Hall–Kier alpha value is -3.10. The molecule has 9 heteroatoms. The minimum Gasteiger partial charge on any atom is -0.481 e. The molecule has 2 heterocycles. The lowest BCUT2D eigenvalue weighted by Crippen LogP contribution is -2.37. The second-order valence-electron chi connectivity index (χ2n) is 6.05. The van der Waals surface area contributed by atoms with E-state index >= 15 is 0 Å². The van der Waals surface area contributed by atoms with Gasteiger partial charge in [0.15, 0.2) is 11.2 Å². The largest absolute Gasteiger partial charge is 0.481 e. The van der Waals surface area contributed by atoms with Crippen LogP contribution in [0.5, 0.6) is 0 Å². The third kappa shape index (κ3) is 2.88. The van der Waals surface area contributed by atoms with Gasteiger partial charge in [0.25, 0.3) is 5.56 Å². The fraction of sp³-hybridized carbons (Fsp3) is 0.250. The Labute approximate surface area is 143 Å². The molecule has 0 aliphatic carbocycles. The molecule has 0 fully saturated rings. The van der Waals surface area contributed by atoms with Crippen LogP contribution in [0.15, 0.2) is 33.9 Å². The van der Waals surface area contributed by atoms with Crippen molar-refractivity contribution in [3.05, 3.63) is 56.5 Å². The molecule has 0 saturated carbocycles. The maximum Gasteiger partial charge on any atom is 0.332 e. The monoisotopic (exact) mass is 340 g/mol. The van der Waals surface area contributed by atoms with E-state index in [9.17, 15) is 14.4 Å². The van der Waals surface area contributed by atoms with Crippen molar-refractivity contribution in [2.45, 2.75) is 13.0 Å². The molecular weight excluding hydrogens is 323 g/mol. The van der Waals surface area contributed by atoms with Crippen LogP contribution in [0.3, 0.4) is 0 Å². The minimum atomic E-state index is -1.05. The lowest BCUT2D eigenvalue weighted by atomic mass is 9.94. The van der Waals surface area contributed by atoms with E-state index < -0.39 is 17.2 Å². The van der Waals surface area contributed by atoms with Crippen LogP contribution >= 0.6 is 0 Å². The smallest absolute Gasteiger partial charge is 0.332 e.